The number of benzene rings is 1. The molecule has 0 bridgehead atoms. The van der Waals surface area contributed by atoms with Crippen molar-refractivity contribution < 1.29 is 13.2 Å². The van der Waals surface area contributed by atoms with Crippen LogP contribution in [0.1, 0.15) is 31.1 Å². The number of rotatable bonds is 3. The van der Waals surface area contributed by atoms with Crippen molar-refractivity contribution in [1.82, 2.24) is 0 Å². The molecule has 114 valence electrons. The molecular formula is C15H17ClO3S2. The van der Waals surface area contributed by atoms with Crippen molar-refractivity contribution in [3.8, 4) is 0 Å². The van der Waals surface area contributed by atoms with Crippen LogP contribution in [0.4, 0.5) is 0 Å². The lowest BCUT2D eigenvalue weighted by atomic mass is 9.93. The van der Waals surface area contributed by atoms with Gasteiger partial charge in [-0.1, -0.05) is 32.9 Å². The Hall–Kier alpha value is -0.780. The van der Waals surface area contributed by atoms with Crippen LogP contribution in [0, 0.1) is 5.41 Å². The Morgan fingerprint density at radius 1 is 1.24 bits per heavy atom. The summed E-state index contributed by atoms with van der Waals surface area (Å²) in [6.45, 7) is 6.05. The fourth-order valence-electron chi connectivity index (χ4n) is 1.97. The minimum atomic E-state index is -3.57. The second-order valence-corrected chi connectivity index (χ2v) is 9.30. The summed E-state index contributed by atoms with van der Waals surface area (Å²) >= 11 is 7.23. The van der Waals surface area contributed by atoms with Crippen LogP contribution in [-0.2, 0) is 9.84 Å². The first-order valence-corrected chi connectivity index (χ1v) is 9.46. The Morgan fingerprint density at radius 3 is 2.43 bits per heavy atom. The number of thioether (sulfide) groups is 1. The second kappa shape index (κ2) is 5.78. The molecule has 1 unspecified atom stereocenters. The molecule has 0 fully saturated rings. The molecule has 1 aromatic rings. The SMILES string of the molecule is CC(C)(C)C(CCl)SC1=CS(=O)(=O)c2ccccc2C1=O. The molecule has 2 rings (SSSR count). The van der Waals surface area contributed by atoms with Crippen LogP contribution >= 0.6 is 23.4 Å². The molecule has 0 radical (unpaired) electrons. The first kappa shape index (κ1) is 16.6. The van der Waals surface area contributed by atoms with E-state index in [1.807, 2.05) is 20.8 Å². The van der Waals surface area contributed by atoms with Gasteiger partial charge in [-0.15, -0.1) is 23.4 Å². The van der Waals surface area contributed by atoms with E-state index in [9.17, 15) is 13.2 Å². The summed E-state index contributed by atoms with van der Waals surface area (Å²) in [4.78, 5) is 12.8. The van der Waals surface area contributed by atoms with Crippen LogP contribution in [0.5, 0.6) is 0 Å². The number of halogens is 1. The van der Waals surface area contributed by atoms with Gasteiger partial charge in [-0.25, -0.2) is 8.42 Å². The van der Waals surface area contributed by atoms with Crippen LogP contribution in [0.2, 0.25) is 0 Å². The van der Waals surface area contributed by atoms with Gasteiger partial charge < -0.3 is 0 Å². The zero-order chi connectivity index (χ0) is 15.8. The standard InChI is InChI=1S/C15H17ClO3S2/c1-15(2,3)13(8-16)20-11-9-21(18,19)12-7-5-4-6-10(12)14(11)17/h4-7,9,13H,8H2,1-3H3. The van der Waals surface area contributed by atoms with E-state index in [2.05, 4.69) is 0 Å². The molecule has 0 spiro atoms. The number of allylic oxidation sites excluding steroid dienone is 1. The summed E-state index contributed by atoms with van der Waals surface area (Å²) in [5.41, 5.74) is 0.110. The summed E-state index contributed by atoms with van der Waals surface area (Å²) in [5, 5.41) is 1.03. The van der Waals surface area contributed by atoms with Crippen molar-refractivity contribution >= 4 is 39.0 Å². The monoisotopic (exact) mass is 344 g/mol. The maximum atomic E-state index is 12.5. The molecule has 1 aromatic carbocycles. The van der Waals surface area contributed by atoms with Gasteiger partial charge in [0.15, 0.2) is 0 Å². The van der Waals surface area contributed by atoms with Gasteiger partial charge in [0.1, 0.15) is 0 Å². The smallest absolute Gasteiger partial charge is 0.201 e. The maximum absolute atomic E-state index is 12.5. The molecule has 1 aliphatic rings. The number of ketones is 1. The first-order valence-electron chi connectivity index (χ1n) is 6.50. The lowest BCUT2D eigenvalue weighted by molar-refractivity contribution is 0.103. The van der Waals surface area contributed by atoms with E-state index in [-0.39, 0.29) is 31.8 Å². The van der Waals surface area contributed by atoms with E-state index in [0.717, 1.165) is 5.41 Å². The number of alkyl halides is 1. The van der Waals surface area contributed by atoms with Crippen LogP contribution in [0.3, 0.4) is 0 Å². The Morgan fingerprint density at radius 2 is 1.86 bits per heavy atom. The number of fused-ring (bicyclic) bond motifs is 1. The van der Waals surface area contributed by atoms with Crippen LogP contribution in [0.15, 0.2) is 39.5 Å². The quantitative estimate of drug-likeness (QED) is 0.781. The third-order valence-electron chi connectivity index (χ3n) is 3.30. The van der Waals surface area contributed by atoms with Gasteiger partial charge in [-0.2, -0.15) is 0 Å². The van der Waals surface area contributed by atoms with Crippen molar-refractivity contribution in [3.63, 3.8) is 0 Å². The molecule has 0 saturated carbocycles. The lowest BCUT2D eigenvalue weighted by Gasteiger charge is -2.29. The van der Waals surface area contributed by atoms with Gasteiger partial charge in [-0.3, -0.25) is 4.79 Å². The molecule has 0 N–H and O–H groups in total. The average Bonchev–Trinajstić information content (AvgIpc) is 2.40. The minimum Gasteiger partial charge on any atom is -0.288 e. The maximum Gasteiger partial charge on any atom is 0.201 e. The molecule has 21 heavy (non-hydrogen) atoms. The first-order chi connectivity index (χ1) is 9.66. The van der Waals surface area contributed by atoms with Gasteiger partial charge in [0.05, 0.1) is 15.2 Å². The van der Waals surface area contributed by atoms with E-state index in [1.54, 1.807) is 18.2 Å². The molecule has 0 saturated heterocycles. The molecule has 3 nitrogen and oxygen atoms in total. The van der Waals surface area contributed by atoms with Crippen LogP contribution < -0.4 is 0 Å². The highest BCUT2D eigenvalue weighted by Crippen LogP contribution is 2.40. The van der Waals surface area contributed by atoms with Crippen molar-refractivity contribution in [3.05, 3.63) is 40.1 Å². The predicted molar refractivity (Wildman–Crippen MR) is 87.6 cm³/mol. The Kier molecular flexibility index (Phi) is 4.57. The fraction of sp³-hybridized carbons (Fsp3) is 0.400. The van der Waals surface area contributed by atoms with Crippen molar-refractivity contribution in [1.29, 1.82) is 0 Å². The van der Waals surface area contributed by atoms with Gasteiger partial charge in [0.25, 0.3) is 0 Å². The molecule has 1 aliphatic heterocycles. The summed E-state index contributed by atoms with van der Waals surface area (Å²) in [6, 6.07) is 6.30. The summed E-state index contributed by atoms with van der Waals surface area (Å²) in [5.74, 6) is 0.102. The van der Waals surface area contributed by atoms with Crippen molar-refractivity contribution in [2.75, 3.05) is 5.88 Å². The van der Waals surface area contributed by atoms with Gasteiger partial charge >= 0.3 is 0 Å². The van der Waals surface area contributed by atoms with Gasteiger partial charge in [-0.05, 0) is 17.5 Å². The molecular weight excluding hydrogens is 328 g/mol. The van der Waals surface area contributed by atoms with Gasteiger partial charge in [0, 0.05) is 16.7 Å². The number of carbonyl (C=O) groups excluding carboxylic acids is 1. The van der Waals surface area contributed by atoms with E-state index in [0.29, 0.717) is 5.88 Å². The number of sulfone groups is 1. The molecule has 1 atom stereocenters. The van der Waals surface area contributed by atoms with E-state index in [4.69, 9.17) is 11.6 Å². The Balaban J connectivity index is 2.44. The highest BCUT2D eigenvalue weighted by atomic mass is 35.5. The summed E-state index contributed by atoms with van der Waals surface area (Å²) in [7, 11) is -3.57. The van der Waals surface area contributed by atoms with Gasteiger partial charge in [0.2, 0.25) is 15.6 Å². The third-order valence-corrected chi connectivity index (χ3v) is 7.17. The number of hydrogen-bond donors (Lipinski definition) is 0. The molecule has 6 heteroatoms. The van der Waals surface area contributed by atoms with E-state index < -0.39 is 9.84 Å². The summed E-state index contributed by atoms with van der Waals surface area (Å²) in [6.07, 6.45) is 0. The Bertz CT molecular complexity index is 700. The predicted octanol–water partition coefficient (Wildman–Crippen LogP) is 3.88. The largest absolute Gasteiger partial charge is 0.288 e. The third kappa shape index (κ3) is 3.35. The number of hydrogen-bond acceptors (Lipinski definition) is 4. The molecule has 0 aromatic heterocycles. The lowest BCUT2D eigenvalue weighted by Crippen LogP contribution is -2.26. The zero-order valence-electron chi connectivity index (χ0n) is 12.1. The highest BCUT2D eigenvalue weighted by molar-refractivity contribution is 8.06. The highest BCUT2D eigenvalue weighted by Gasteiger charge is 2.33. The normalized spacial score (nSPS) is 18.9. The zero-order valence-corrected chi connectivity index (χ0v) is 14.5. The van der Waals surface area contributed by atoms with E-state index in [1.165, 1.54) is 17.8 Å². The second-order valence-electron chi connectivity index (χ2n) is 5.98. The molecule has 1 heterocycles. The molecule has 0 amide bonds. The van der Waals surface area contributed by atoms with Crippen LogP contribution in [-0.4, -0.2) is 25.3 Å². The van der Waals surface area contributed by atoms with Crippen LogP contribution in [0.25, 0.3) is 0 Å². The molecule has 0 aliphatic carbocycles. The number of carbonyl (C=O) groups is 1. The number of Topliss-reactive ketones (excluding diaryl/α,β-unsaturated/α-hetero) is 1. The topological polar surface area (TPSA) is 51.2 Å². The average molecular weight is 345 g/mol. The Labute approximate surface area is 134 Å². The fourth-order valence-corrected chi connectivity index (χ4v) is 5.41. The van der Waals surface area contributed by atoms with E-state index >= 15 is 0 Å². The minimum absolute atomic E-state index is 0.0465. The van der Waals surface area contributed by atoms with Crippen molar-refractivity contribution in [2.24, 2.45) is 5.41 Å². The van der Waals surface area contributed by atoms with Crippen molar-refractivity contribution in [2.45, 2.75) is 30.9 Å². The summed E-state index contributed by atoms with van der Waals surface area (Å²) < 4.78 is 24.5.